The number of thiophene rings is 1. The van der Waals surface area contributed by atoms with Crippen molar-refractivity contribution in [3.63, 3.8) is 0 Å². The molecule has 0 aromatic carbocycles. The van der Waals surface area contributed by atoms with E-state index >= 15 is 0 Å². The van der Waals surface area contributed by atoms with Crippen molar-refractivity contribution < 1.29 is 9.90 Å². The number of nitrogens with one attached hydrogen (secondary N) is 1. The predicted octanol–water partition coefficient (Wildman–Crippen LogP) is 1.81. The summed E-state index contributed by atoms with van der Waals surface area (Å²) in [4.78, 5) is 12.6. The molecule has 0 saturated carbocycles. The second kappa shape index (κ2) is 5.88. The van der Waals surface area contributed by atoms with Gasteiger partial charge in [0.25, 0.3) is 5.91 Å². The van der Waals surface area contributed by atoms with Crippen LogP contribution in [0.4, 0.5) is 0 Å². The average molecular weight is 227 g/mol. The van der Waals surface area contributed by atoms with E-state index in [-0.39, 0.29) is 18.6 Å². The largest absolute Gasteiger partial charge is 0.394 e. The highest BCUT2D eigenvalue weighted by Crippen LogP contribution is 2.17. The van der Waals surface area contributed by atoms with Crippen LogP contribution in [0.5, 0.6) is 0 Å². The van der Waals surface area contributed by atoms with Gasteiger partial charge in [-0.3, -0.25) is 4.79 Å². The Bertz CT molecular complexity index is 318. The molecule has 2 N–H and O–H groups in total. The van der Waals surface area contributed by atoms with Crippen molar-refractivity contribution in [1.29, 1.82) is 0 Å². The maximum absolute atomic E-state index is 11.8. The quantitative estimate of drug-likeness (QED) is 0.806. The highest BCUT2D eigenvalue weighted by Gasteiger charge is 2.15. The van der Waals surface area contributed by atoms with Crippen LogP contribution in [0.3, 0.4) is 0 Å². The van der Waals surface area contributed by atoms with Gasteiger partial charge in [0.2, 0.25) is 0 Å². The Morgan fingerprint density at radius 1 is 1.60 bits per heavy atom. The van der Waals surface area contributed by atoms with Crippen LogP contribution < -0.4 is 5.32 Å². The number of carbonyl (C=O) groups excluding carboxylic acids is 1. The number of carbonyl (C=O) groups is 1. The zero-order valence-corrected chi connectivity index (χ0v) is 9.93. The molecule has 15 heavy (non-hydrogen) atoms. The monoisotopic (exact) mass is 227 g/mol. The molecule has 0 bridgehead atoms. The first-order valence-electron chi connectivity index (χ1n) is 5.21. The molecule has 3 nitrogen and oxygen atoms in total. The van der Waals surface area contributed by atoms with Crippen molar-refractivity contribution >= 4 is 17.2 Å². The summed E-state index contributed by atoms with van der Waals surface area (Å²) < 4.78 is 0. The summed E-state index contributed by atoms with van der Waals surface area (Å²) in [6.45, 7) is 3.97. The fraction of sp³-hybridized carbons (Fsp3) is 0.545. The molecule has 0 spiro atoms. The minimum absolute atomic E-state index is 0.00489. The molecule has 0 fully saturated rings. The van der Waals surface area contributed by atoms with E-state index in [4.69, 9.17) is 5.11 Å². The van der Waals surface area contributed by atoms with Crippen LogP contribution >= 0.6 is 11.3 Å². The van der Waals surface area contributed by atoms with Crippen LogP contribution in [0, 0.1) is 0 Å². The average Bonchev–Trinajstić information content (AvgIpc) is 2.73. The summed E-state index contributed by atoms with van der Waals surface area (Å²) >= 11 is 1.45. The lowest BCUT2D eigenvalue weighted by Gasteiger charge is -2.13. The number of rotatable bonds is 5. The Morgan fingerprint density at radius 3 is 2.87 bits per heavy atom. The number of aryl methyl sites for hydroxylation is 1. The summed E-state index contributed by atoms with van der Waals surface area (Å²) in [5.41, 5.74) is 1.07. The van der Waals surface area contributed by atoms with Crippen molar-refractivity contribution in [2.75, 3.05) is 6.61 Å². The van der Waals surface area contributed by atoms with Crippen molar-refractivity contribution in [3.8, 4) is 0 Å². The van der Waals surface area contributed by atoms with Crippen LogP contribution in [-0.2, 0) is 6.42 Å². The molecule has 0 radical (unpaired) electrons. The molecule has 0 aliphatic rings. The molecule has 1 aromatic heterocycles. The molecule has 0 saturated heterocycles. The zero-order chi connectivity index (χ0) is 11.3. The molecule has 1 aromatic rings. The van der Waals surface area contributed by atoms with Gasteiger partial charge in [0.15, 0.2) is 0 Å². The first kappa shape index (κ1) is 12.2. The topological polar surface area (TPSA) is 49.3 Å². The van der Waals surface area contributed by atoms with Crippen LogP contribution in [0.15, 0.2) is 11.4 Å². The Labute approximate surface area is 94.1 Å². The highest BCUT2D eigenvalue weighted by atomic mass is 32.1. The second-order valence-corrected chi connectivity index (χ2v) is 4.31. The molecular formula is C11H17NO2S. The van der Waals surface area contributed by atoms with Crippen LogP contribution in [0.1, 0.15) is 35.5 Å². The molecule has 1 atom stereocenters. The number of aliphatic hydroxyl groups excluding tert-OH is 1. The van der Waals surface area contributed by atoms with Gasteiger partial charge in [-0.1, -0.05) is 13.8 Å². The molecule has 84 valence electrons. The minimum Gasteiger partial charge on any atom is -0.394 e. The minimum atomic E-state index is -0.135. The molecular weight excluding hydrogens is 210 g/mol. The van der Waals surface area contributed by atoms with Gasteiger partial charge in [-0.25, -0.2) is 0 Å². The smallest absolute Gasteiger partial charge is 0.261 e. The van der Waals surface area contributed by atoms with Crippen molar-refractivity contribution in [1.82, 2.24) is 5.32 Å². The van der Waals surface area contributed by atoms with E-state index in [0.717, 1.165) is 23.3 Å². The van der Waals surface area contributed by atoms with Crippen molar-refractivity contribution in [3.05, 3.63) is 21.9 Å². The number of amides is 1. The van der Waals surface area contributed by atoms with E-state index in [1.54, 1.807) is 0 Å². The third kappa shape index (κ3) is 3.04. The van der Waals surface area contributed by atoms with E-state index < -0.39 is 0 Å². The third-order valence-electron chi connectivity index (χ3n) is 2.38. The van der Waals surface area contributed by atoms with E-state index in [9.17, 15) is 4.79 Å². The molecule has 1 heterocycles. The zero-order valence-electron chi connectivity index (χ0n) is 9.12. The Morgan fingerprint density at radius 2 is 2.33 bits per heavy atom. The maximum Gasteiger partial charge on any atom is 0.261 e. The number of hydrogen-bond acceptors (Lipinski definition) is 3. The van der Waals surface area contributed by atoms with Gasteiger partial charge in [-0.15, -0.1) is 11.3 Å². The van der Waals surface area contributed by atoms with Crippen molar-refractivity contribution in [2.24, 2.45) is 0 Å². The van der Waals surface area contributed by atoms with Gasteiger partial charge in [0.1, 0.15) is 0 Å². The summed E-state index contributed by atoms with van der Waals surface area (Å²) in [5.74, 6) is -0.0669. The lowest BCUT2D eigenvalue weighted by Crippen LogP contribution is -2.36. The normalized spacial score (nSPS) is 12.5. The van der Waals surface area contributed by atoms with E-state index in [2.05, 4.69) is 5.32 Å². The number of hydrogen-bond donors (Lipinski definition) is 2. The lowest BCUT2D eigenvalue weighted by atomic mass is 10.2. The predicted molar refractivity (Wildman–Crippen MR) is 62.3 cm³/mol. The Kier molecular flexibility index (Phi) is 4.78. The van der Waals surface area contributed by atoms with Gasteiger partial charge < -0.3 is 10.4 Å². The molecule has 4 heteroatoms. The standard InChI is InChI=1S/C11H17NO2S/c1-3-8-5-6-15-10(8)11(14)12-9(4-2)7-13/h5-6,9,13H,3-4,7H2,1-2H3,(H,12,14). The first-order valence-corrected chi connectivity index (χ1v) is 6.08. The summed E-state index contributed by atoms with van der Waals surface area (Å²) in [5, 5.41) is 13.7. The molecule has 1 unspecified atom stereocenters. The van der Waals surface area contributed by atoms with E-state index in [0.29, 0.717) is 0 Å². The SMILES string of the molecule is CCc1ccsc1C(=O)NC(CC)CO. The molecule has 0 aliphatic heterocycles. The Hall–Kier alpha value is -0.870. The fourth-order valence-corrected chi connectivity index (χ4v) is 2.24. The van der Waals surface area contributed by atoms with Gasteiger partial charge >= 0.3 is 0 Å². The van der Waals surface area contributed by atoms with E-state index in [1.807, 2.05) is 25.3 Å². The first-order chi connectivity index (χ1) is 7.22. The van der Waals surface area contributed by atoms with Gasteiger partial charge in [-0.2, -0.15) is 0 Å². The van der Waals surface area contributed by atoms with Gasteiger partial charge in [-0.05, 0) is 29.9 Å². The summed E-state index contributed by atoms with van der Waals surface area (Å²) in [7, 11) is 0. The summed E-state index contributed by atoms with van der Waals surface area (Å²) in [6.07, 6.45) is 1.61. The van der Waals surface area contributed by atoms with Crippen molar-refractivity contribution in [2.45, 2.75) is 32.7 Å². The Balaban J connectivity index is 2.68. The summed E-state index contributed by atoms with van der Waals surface area (Å²) in [6, 6.07) is 1.84. The molecule has 0 aliphatic carbocycles. The fourth-order valence-electron chi connectivity index (χ4n) is 1.34. The number of aliphatic hydroxyl groups is 1. The van der Waals surface area contributed by atoms with Crippen LogP contribution in [0.2, 0.25) is 0 Å². The van der Waals surface area contributed by atoms with E-state index in [1.165, 1.54) is 11.3 Å². The lowest BCUT2D eigenvalue weighted by molar-refractivity contribution is 0.0918. The highest BCUT2D eigenvalue weighted by molar-refractivity contribution is 7.12. The molecule has 1 amide bonds. The third-order valence-corrected chi connectivity index (χ3v) is 3.34. The van der Waals surface area contributed by atoms with Crippen LogP contribution in [0.25, 0.3) is 0 Å². The van der Waals surface area contributed by atoms with Gasteiger partial charge in [0, 0.05) is 0 Å². The van der Waals surface area contributed by atoms with Crippen LogP contribution in [-0.4, -0.2) is 23.7 Å². The van der Waals surface area contributed by atoms with Gasteiger partial charge in [0.05, 0.1) is 17.5 Å². The molecule has 1 rings (SSSR count). The maximum atomic E-state index is 11.8. The second-order valence-electron chi connectivity index (χ2n) is 3.39.